The van der Waals surface area contributed by atoms with E-state index in [9.17, 15) is 0 Å². The molecule has 0 spiro atoms. The Hall–Kier alpha value is -1.21. The van der Waals surface area contributed by atoms with Crippen molar-refractivity contribution < 1.29 is 0 Å². The minimum Gasteiger partial charge on any atom is -0.361 e. The minimum atomic E-state index is 0. The fraction of sp³-hybridized carbons (Fsp3) is 0.0909. The van der Waals surface area contributed by atoms with Crippen LogP contribution in [0, 0.1) is 6.92 Å². The van der Waals surface area contributed by atoms with Crippen LogP contribution >= 0.6 is 12.4 Å². The number of nitrogens with one attached hydrogen (secondary N) is 1. The lowest BCUT2D eigenvalue weighted by Gasteiger charge is -2.01. The first-order chi connectivity index (χ1) is 5.88. The van der Waals surface area contributed by atoms with Crippen molar-refractivity contribution in [3.8, 4) is 11.3 Å². The SMILES string of the molecule is Cc1ccccc1-c1ccc[nH]1.Cl. The molecule has 13 heavy (non-hydrogen) atoms. The number of hydrogen-bond donors (Lipinski definition) is 1. The fourth-order valence-corrected chi connectivity index (χ4v) is 1.37. The summed E-state index contributed by atoms with van der Waals surface area (Å²) in [5, 5.41) is 0. The minimum absolute atomic E-state index is 0. The molecule has 0 amide bonds. The molecule has 2 aromatic rings. The van der Waals surface area contributed by atoms with Crippen molar-refractivity contribution in [2.75, 3.05) is 0 Å². The first-order valence-electron chi connectivity index (χ1n) is 4.07. The largest absolute Gasteiger partial charge is 0.361 e. The van der Waals surface area contributed by atoms with Crippen LogP contribution in [0.3, 0.4) is 0 Å². The van der Waals surface area contributed by atoms with E-state index in [-0.39, 0.29) is 12.4 Å². The number of halogens is 1. The average molecular weight is 194 g/mol. The normalized spacial score (nSPS) is 9.31. The van der Waals surface area contributed by atoms with Gasteiger partial charge in [0, 0.05) is 17.5 Å². The first-order valence-corrected chi connectivity index (χ1v) is 4.07. The molecule has 1 N–H and O–H groups in total. The maximum atomic E-state index is 3.19. The molecule has 1 heterocycles. The van der Waals surface area contributed by atoms with Crippen molar-refractivity contribution in [2.45, 2.75) is 6.92 Å². The highest BCUT2D eigenvalue weighted by atomic mass is 35.5. The van der Waals surface area contributed by atoms with Gasteiger partial charge in [-0.15, -0.1) is 12.4 Å². The van der Waals surface area contributed by atoms with Crippen LogP contribution in [0.15, 0.2) is 42.6 Å². The Morgan fingerprint density at radius 1 is 1.00 bits per heavy atom. The molecule has 2 rings (SSSR count). The molecule has 0 radical (unpaired) electrons. The summed E-state index contributed by atoms with van der Waals surface area (Å²) in [6, 6.07) is 12.5. The highest BCUT2D eigenvalue weighted by Crippen LogP contribution is 2.20. The molecule has 0 atom stereocenters. The number of aryl methyl sites for hydroxylation is 1. The molecule has 0 aliphatic carbocycles. The summed E-state index contributed by atoms with van der Waals surface area (Å²) >= 11 is 0. The van der Waals surface area contributed by atoms with E-state index in [1.807, 2.05) is 12.3 Å². The lowest BCUT2D eigenvalue weighted by atomic mass is 10.1. The van der Waals surface area contributed by atoms with Crippen LogP contribution in [-0.2, 0) is 0 Å². The topological polar surface area (TPSA) is 15.8 Å². The third kappa shape index (κ3) is 1.93. The predicted octanol–water partition coefficient (Wildman–Crippen LogP) is 3.41. The zero-order valence-corrected chi connectivity index (χ0v) is 8.27. The molecule has 0 aliphatic rings. The molecule has 0 bridgehead atoms. The summed E-state index contributed by atoms with van der Waals surface area (Å²) in [6.07, 6.45) is 1.95. The van der Waals surface area contributed by atoms with Gasteiger partial charge in [-0.05, 0) is 24.6 Å². The van der Waals surface area contributed by atoms with Gasteiger partial charge in [-0.2, -0.15) is 0 Å². The van der Waals surface area contributed by atoms with Gasteiger partial charge in [0.05, 0.1) is 0 Å². The number of hydrogen-bond acceptors (Lipinski definition) is 0. The quantitative estimate of drug-likeness (QED) is 0.715. The monoisotopic (exact) mass is 193 g/mol. The zero-order chi connectivity index (χ0) is 8.39. The maximum Gasteiger partial charge on any atom is 0.0456 e. The van der Waals surface area contributed by atoms with Crippen LogP contribution < -0.4 is 0 Å². The summed E-state index contributed by atoms with van der Waals surface area (Å²) in [5.41, 5.74) is 3.77. The van der Waals surface area contributed by atoms with Gasteiger partial charge in [-0.3, -0.25) is 0 Å². The average Bonchev–Trinajstić information content (AvgIpc) is 2.57. The second kappa shape index (κ2) is 4.15. The van der Waals surface area contributed by atoms with Gasteiger partial charge in [0.2, 0.25) is 0 Å². The second-order valence-electron chi connectivity index (χ2n) is 2.90. The molecular weight excluding hydrogens is 182 g/mol. The van der Waals surface area contributed by atoms with Crippen molar-refractivity contribution >= 4 is 12.4 Å². The fourth-order valence-electron chi connectivity index (χ4n) is 1.37. The second-order valence-corrected chi connectivity index (χ2v) is 2.90. The molecule has 0 unspecified atom stereocenters. The van der Waals surface area contributed by atoms with Crippen LogP contribution in [0.5, 0.6) is 0 Å². The van der Waals surface area contributed by atoms with E-state index in [4.69, 9.17) is 0 Å². The summed E-state index contributed by atoms with van der Waals surface area (Å²) in [4.78, 5) is 3.19. The Labute approximate surface area is 84.2 Å². The van der Waals surface area contributed by atoms with E-state index in [0.29, 0.717) is 0 Å². The van der Waals surface area contributed by atoms with Crippen LogP contribution in [-0.4, -0.2) is 4.98 Å². The number of rotatable bonds is 1. The van der Waals surface area contributed by atoms with Gasteiger partial charge in [0.25, 0.3) is 0 Å². The van der Waals surface area contributed by atoms with Crippen molar-refractivity contribution in [3.63, 3.8) is 0 Å². The Morgan fingerprint density at radius 3 is 2.38 bits per heavy atom. The summed E-state index contributed by atoms with van der Waals surface area (Å²) in [5.74, 6) is 0. The van der Waals surface area contributed by atoms with E-state index in [0.717, 1.165) is 0 Å². The Balaban J connectivity index is 0.000000845. The lowest BCUT2D eigenvalue weighted by Crippen LogP contribution is -1.80. The van der Waals surface area contributed by atoms with Gasteiger partial charge in [0.1, 0.15) is 0 Å². The molecule has 0 saturated heterocycles. The molecule has 2 heteroatoms. The van der Waals surface area contributed by atoms with Gasteiger partial charge >= 0.3 is 0 Å². The highest BCUT2D eigenvalue weighted by Gasteiger charge is 1.98. The zero-order valence-electron chi connectivity index (χ0n) is 7.45. The molecule has 0 saturated carbocycles. The number of aromatic nitrogens is 1. The van der Waals surface area contributed by atoms with E-state index < -0.39 is 0 Å². The lowest BCUT2D eigenvalue weighted by molar-refractivity contribution is 1.37. The molecular formula is C11H12ClN. The number of H-pyrrole nitrogens is 1. The predicted molar refractivity (Wildman–Crippen MR) is 58.2 cm³/mol. The van der Waals surface area contributed by atoms with Gasteiger partial charge in [0.15, 0.2) is 0 Å². The van der Waals surface area contributed by atoms with E-state index >= 15 is 0 Å². The van der Waals surface area contributed by atoms with Crippen LogP contribution in [0.2, 0.25) is 0 Å². The van der Waals surface area contributed by atoms with Gasteiger partial charge in [-0.25, -0.2) is 0 Å². The molecule has 0 fully saturated rings. The summed E-state index contributed by atoms with van der Waals surface area (Å²) in [6.45, 7) is 2.12. The third-order valence-electron chi connectivity index (χ3n) is 2.03. The van der Waals surface area contributed by atoms with Crippen molar-refractivity contribution in [2.24, 2.45) is 0 Å². The number of aromatic amines is 1. The number of benzene rings is 1. The highest BCUT2D eigenvalue weighted by molar-refractivity contribution is 5.85. The molecule has 0 aliphatic heterocycles. The van der Waals surface area contributed by atoms with E-state index in [1.54, 1.807) is 0 Å². The van der Waals surface area contributed by atoms with Crippen LogP contribution in [0.4, 0.5) is 0 Å². The molecule has 1 aromatic heterocycles. The summed E-state index contributed by atoms with van der Waals surface area (Å²) in [7, 11) is 0. The van der Waals surface area contributed by atoms with E-state index in [2.05, 4.69) is 42.2 Å². The Kier molecular flexibility index (Phi) is 3.15. The standard InChI is InChI=1S/C11H11N.ClH/c1-9-5-2-3-6-10(9)11-7-4-8-12-11;/h2-8,12H,1H3;1H. The smallest absolute Gasteiger partial charge is 0.0456 e. The Morgan fingerprint density at radius 2 is 1.77 bits per heavy atom. The van der Waals surface area contributed by atoms with Crippen molar-refractivity contribution in [1.29, 1.82) is 0 Å². The van der Waals surface area contributed by atoms with E-state index in [1.165, 1.54) is 16.8 Å². The molecule has 1 aromatic carbocycles. The van der Waals surface area contributed by atoms with Crippen LogP contribution in [0.25, 0.3) is 11.3 Å². The molecule has 1 nitrogen and oxygen atoms in total. The summed E-state index contributed by atoms with van der Waals surface area (Å²) < 4.78 is 0. The third-order valence-corrected chi connectivity index (χ3v) is 2.03. The van der Waals surface area contributed by atoms with Crippen molar-refractivity contribution in [1.82, 2.24) is 4.98 Å². The van der Waals surface area contributed by atoms with Crippen molar-refractivity contribution in [3.05, 3.63) is 48.2 Å². The first kappa shape index (κ1) is 9.87. The maximum absolute atomic E-state index is 3.19. The molecule has 68 valence electrons. The van der Waals surface area contributed by atoms with Gasteiger partial charge < -0.3 is 4.98 Å². The van der Waals surface area contributed by atoms with Crippen LogP contribution in [0.1, 0.15) is 5.56 Å². The Bertz CT molecular complexity index is 365. The van der Waals surface area contributed by atoms with Gasteiger partial charge in [-0.1, -0.05) is 24.3 Å².